The van der Waals surface area contributed by atoms with Crippen molar-refractivity contribution in [2.75, 3.05) is 20.1 Å². The van der Waals surface area contributed by atoms with Crippen LogP contribution in [0.4, 0.5) is 13.2 Å². The third kappa shape index (κ3) is 4.91. The number of carbonyl (C=O) groups excluding carboxylic acids is 1. The fourth-order valence-corrected chi connectivity index (χ4v) is 8.45. The molecule has 6 nitrogen and oxygen atoms in total. The van der Waals surface area contributed by atoms with Crippen molar-refractivity contribution in [1.29, 1.82) is 0 Å². The van der Waals surface area contributed by atoms with E-state index in [0.717, 1.165) is 50.8 Å². The Morgan fingerprint density at radius 2 is 1.95 bits per heavy atom. The zero-order chi connectivity index (χ0) is 30.6. The lowest BCUT2D eigenvalue weighted by Gasteiger charge is -2.60. The first-order chi connectivity index (χ1) is 21.1. The summed E-state index contributed by atoms with van der Waals surface area (Å²) in [7, 11) is 1.76. The van der Waals surface area contributed by atoms with Crippen molar-refractivity contribution in [2.24, 2.45) is 5.92 Å². The van der Waals surface area contributed by atoms with Crippen molar-refractivity contribution in [3.05, 3.63) is 95.1 Å². The molecule has 230 valence electrons. The van der Waals surface area contributed by atoms with Gasteiger partial charge in [0.15, 0.2) is 11.5 Å². The zero-order valence-corrected chi connectivity index (χ0v) is 24.5. The van der Waals surface area contributed by atoms with Crippen LogP contribution in [0.1, 0.15) is 41.5 Å². The molecule has 0 radical (unpaired) electrons. The van der Waals surface area contributed by atoms with Crippen LogP contribution in [0.15, 0.2) is 72.8 Å². The number of rotatable bonds is 7. The second-order valence-electron chi connectivity index (χ2n) is 12.5. The highest BCUT2D eigenvalue weighted by molar-refractivity contribution is 5.92. The maximum atomic E-state index is 13.5. The summed E-state index contributed by atoms with van der Waals surface area (Å²) >= 11 is 0. The number of likely N-dealkylation sites (N-methyl/N-ethyl adjacent to an activating group) is 1. The second-order valence-corrected chi connectivity index (χ2v) is 12.5. The van der Waals surface area contributed by atoms with Crippen LogP contribution in [0.3, 0.4) is 0 Å². The van der Waals surface area contributed by atoms with E-state index in [2.05, 4.69) is 33.9 Å². The molecule has 4 aliphatic rings. The van der Waals surface area contributed by atoms with Crippen molar-refractivity contribution in [3.8, 4) is 17.2 Å². The van der Waals surface area contributed by atoms with E-state index in [1.807, 2.05) is 12.1 Å². The highest BCUT2D eigenvalue weighted by atomic mass is 19.4. The van der Waals surface area contributed by atoms with Crippen molar-refractivity contribution in [2.45, 2.75) is 62.1 Å². The molecule has 2 bridgehead atoms. The van der Waals surface area contributed by atoms with E-state index in [-0.39, 0.29) is 35.0 Å². The number of benzene rings is 3. The van der Waals surface area contributed by atoms with Crippen molar-refractivity contribution < 1.29 is 32.5 Å². The van der Waals surface area contributed by atoms with Gasteiger partial charge in [-0.25, -0.2) is 0 Å². The van der Waals surface area contributed by atoms with Gasteiger partial charge in [-0.1, -0.05) is 48.5 Å². The van der Waals surface area contributed by atoms with Gasteiger partial charge in [-0.2, -0.15) is 0 Å². The first kappa shape index (κ1) is 28.8. The van der Waals surface area contributed by atoms with E-state index in [1.165, 1.54) is 41.5 Å². The molecular formula is C35H35F3N2O4. The zero-order valence-electron chi connectivity index (χ0n) is 24.5. The van der Waals surface area contributed by atoms with E-state index >= 15 is 0 Å². The summed E-state index contributed by atoms with van der Waals surface area (Å²) in [4.78, 5) is 17.8. The maximum absolute atomic E-state index is 13.5. The highest BCUT2D eigenvalue weighted by Crippen LogP contribution is 2.64. The van der Waals surface area contributed by atoms with Crippen LogP contribution in [0.25, 0.3) is 6.08 Å². The molecule has 3 aromatic rings. The predicted molar refractivity (Wildman–Crippen MR) is 159 cm³/mol. The Balaban J connectivity index is 1.14. The summed E-state index contributed by atoms with van der Waals surface area (Å²) in [6.45, 7) is 1.90. The van der Waals surface area contributed by atoms with E-state index in [1.54, 1.807) is 24.1 Å². The largest absolute Gasteiger partial charge is 0.573 e. The average Bonchev–Trinajstić information content (AvgIpc) is 3.35. The average molecular weight is 605 g/mol. The summed E-state index contributed by atoms with van der Waals surface area (Å²) in [5.41, 5.74) is 3.82. The summed E-state index contributed by atoms with van der Waals surface area (Å²) in [6, 6.07) is 20.0. The maximum Gasteiger partial charge on any atom is 0.573 e. The number of phenols is 1. The van der Waals surface area contributed by atoms with Crippen LogP contribution in [-0.4, -0.2) is 65.5 Å². The smallest absolute Gasteiger partial charge is 0.504 e. The molecule has 1 saturated carbocycles. The lowest BCUT2D eigenvalue weighted by Crippen LogP contribution is -2.69. The topological polar surface area (TPSA) is 62.2 Å². The number of nitrogens with zero attached hydrogens (tertiary/aromatic N) is 2. The molecule has 1 N–H and O–H groups in total. The van der Waals surface area contributed by atoms with Crippen LogP contribution in [0.5, 0.6) is 17.2 Å². The molecule has 9 heteroatoms. The Hall–Kier alpha value is -3.98. The lowest BCUT2D eigenvalue weighted by molar-refractivity contribution is -0.274. The van der Waals surface area contributed by atoms with E-state index in [9.17, 15) is 23.1 Å². The monoisotopic (exact) mass is 604 g/mol. The molecule has 0 aromatic heterocycles. The van der Waals surface area contributed by atoms with E-state index in [4.69, 9.17) is 4.74 Å². The molecule has 1 spiro atoms. The Bertz CT molecular complexity index is 1590. The van der Waals surface area contributed by atoms with Crippen LogP contribution >= 0.6 is 0 Å². The van der Waals surface area contributed by atoms with Gasteiger partial charge in [0.25, 0.3) is 0 Å². The lowest BCUT2D eigenvalue weighted by atomic mass is 9.51. The molecule has 1 saturated heterocycles. The molecule has 44 heavy (non-hydrogen) atoms. The SMILES string of the molecule is CN(C(=O)C=Cc1cccc(OC(F)(F)F)c1)[C@@H]1CC[C@H]2[C@H]3Cc4ccc(O)c5c4[C@@]2(CCN3CCc2ccccc2)[C@H]1O5. The first-order valence-corrected chi connectivity index (χ1v) is 15.2. The number of hydrogen-bond acceptors (Lipinski definition) is 5. The number of halogens is 3. The van der Waals surface area contributed by atoms with Gasteiger partial charge in [0, 0.05) is 36.7 Å². The van der Waals surface area contributed by atoms with Gasteiger partial charge in [0.2, 0.25) is 5.91 Å². The minimum Gasteiger partial charge on any atom is -0.504 e. The Labute approximate surface area is 254 Å². The quantitative estimate of drug-likeness (QED) is 0.330. The number of carbonyl (C=O) groups is 1. The third-order valence-corrected chi connectivity index (χ3v) is 10.3. The number of hydrogen-bond donors (Lipinski definition) is 1. The van der Waals surface area contributed by atoms with Crippen LogP contribution in [0.2, 0.25) is 0 Å². The normalized spacial score (nSPS) is 27.1. The van der Waals surface area contributed by atoms with Crippen molar-refractivity contribution >= 4 is 12.0 Å². The van der Waals surface area contributed by atoms with E-state index < -0.39 is 6.36 Å². The number of amides is 1. The first-order valence-electron chi connectivity index (χ1n) is 15.2. The Morgan fingerprint density at radius 3 is 2.75 bits per heavy atom. The molecule has 7 rings (SSSR count). The van der Waals surface area contributed by atoms with E-state index in [0.29, 0.717) is 23.3 Å². The molecule has 5 atom stereocenters. The number of ether oxygens (including phenoxy) is 2. The van der Waals surface area contributed by atoms with Gasteiger partial charge in [-0.05, 0) is 85.5 Å². The van der Waals surface area contributed by atoms with Gasteiger partial charge in [0.05, 0.1) is 6.04 Å². The van der Waals surface area contributed by atoms with Crippen LogP contribution in [0, 0.1) is 5.92 Å². The molecule has 1 amide bonds. The fraction of sp³-hybridized carbons (Fsp3) is 0.400. The Kier molecular flexibility index (Phi) is 7.11. The molecule has 2 aliphatic heterocycles. The molecule has 2 aliphatic carbocycles. The van der Waals surface area contributed by atoms with Crippen molar-refractivity contribution in [3.63, 3.8) is 0 Å². The third-order valence-electron chi connectivity index (χ3n) is 10.3. The summed E-state index contributed by atoms with van der Waals surface area (Å²) in [5.74, 6) is 0.457. The van der Waals surface area contributed by atoms with Crippen LogP contribution < -0.4 is 9.47 Å². The summed E-state index contributed by atoms with van der Waals surface area (Å²) in [5, 5.41) is 10.9. The number of phenolic OH excluding ortho intramolecular Hbond substituents is 1. The summed E-state index contributed by atoms with van der Waals surface area (Å²) < 4.78 is 48.7. The van der Waals surface area contributed by atoms with Gasteiger partial charge in [-0.15, -0.1) is 13.2 Å². The number of aromatic hydroxyl groups is 1. The fourth-order valence-electron chi connectivity index (χ4n) is 8.45. The number of piperidine rings is 1. The predicted octanol–water partition coefficient (Wildman–Crippen LogP) is 6.11. The molecule has 2 fully saturated rings. The van der Waals surface area contributed by atoms with Gasteiger partial charge in [-0.3, -0.25) is 9.69 Å². The molecule has 0 unspecified atom stereocenters. The standard InChI is InChI=1S/C35H35F3N2O4/c1-39(30(42)15-10-23-8-5-9-25(20-23)44-35(36,37)38)27-13-12-26-28-21-24-11-14-29(41)32-31(24)34(26,33(27)43-32)17-19-40(28)18-16-22-6-3-2-4-7-22/h2-11,14-15,20,26-28,33,41H,12-13,16-19,21H2,1H3/t26-,27+,28+,33-,34-/m0/s1. The van der Waals surface area contributed by atoms with Gasteiger partial charge >= 0.3 is 6.36 Å². The minimum atomic E-state index is -4.79. The van der Waals surface area contributed by atoms with Gasteiger partial charge in [0.1, 0.15) is 11.9 Å². The van der Waals surface area contributed by atoms with Crippen LogP contribution in [-0.2, 0) is 23.1 Å². The van der Waals surface area contributed by atoms with Crippen molar-refractivity contribution in [1.82, 2.24) is 9.80 Å². The highest BCUT2D eigenvalue weighted by Gasteiger charge is 2.66. The summed E-state index contributed by atoms with van der Waals surface area (Å²) in [6.07, 6.45) is 2.28. The number of likely N-dealkylation sites (tertiary alicyclic amines) is 1. The molecule has 2 heterocycles. The minimum absolute atomic E-state index is 0.143. The molecular weight excluding hydrogens is 569 g/mol. The molecule has 3 aromatic carbocycles. The Morgan fingerprint density at radius 1 is 1.14 bits per heavy atom. The second kappa shape index (κ2) is 10.9. The van der Waals surface area contributed by atoms with Gasteiger partial charge < -0.3 is 19.5 Å². The number of alkyl halides is 3.